The number of carbonyl (C=O) groups excluding carboxylic acids is 2. The number of Topliss-reactive ketones (excluding diaryl/α,β-unsaturated/α-hetero) is 1. The number of aromatic nitrogens is 1. The summed E-state index contributed by atoms with van der Waals surface area (Å²) in [5.74, 6) is 2.38. The maximum atomic E-state index is 13.0. The van der Waals surface area contributed by atoms with E-state index in [0.29, 0.717) is 41.5 Å². The first kappa shape index (κ1) is 17.7. The third-order valence-electron chi connectivity index (χ3n) is 7.62. The highest BCUT2D eigenvalue weighted by Gasteiger charge is 2.57. The summed E-state index contributed by atoms with van der Waals surface area (Å²) in [6.45, 7) is 2.02. The summed E-state index contributed by atoms with van der Waals surface area (Å²) in [4.78, 5) is 25.1. The van der Waals surface area contributed by atoms with Crippen molar-refractivity contribution in [1.29, 1.82) is 0 Å². The number of carbonyl (C=O) groups is 2. The van der Waals surface area contributed by atoms with E-state index in [9.17, 15) is 9.59 Å². The summed E-state index contributed by atoms with van der Waals surface area (Å²) in [7, 11) is 0. The molecule has 2 aromatic rings. The van der Waals surface area contributed by atoms with E-state index in [0.717, 1.165) is 43.2 Å². The predicted molar refractivity (Wildman–Crippen MR) is 104 cm³/mol. The number of aryl methyl sites for hydroxylation is 1. The number of primary amides is 1. The Morgan fingerprint density at radius 2 is 1.89 bits per heavy atom. The Morgan fingerprint density at radius 3 is 2.57 bits per heavy atom. The van der Waals surface area contributed by atoms with Crippen LogP contribution in [-0.4, -0.2) is 16.8 Å². The minimum atomic E-state index is -0.304. The maximum absolute atomic E-state index is 13.0. The van der Waals surface area contributed by atoms with Crippen LogP contribution in [0.2, 0.25) is 0 Å². The summed E-state index contributed by atoms with van der Waals surface area (Å²) in [6, 6.07) is 9.70. The van der Waals surface area contributed by atoms with Crippen molar-refractivity contribution in [3.05, 3.63) is 41.6 Å². The second kappa shape index (κ2) is 6.29. The molecule has 4 saturated carbocycles. The molecule has 5 heteroatoms. The average molecular weight is 378 g/mol. The molecule has 2 atom stereocenters. The predicted octanol–water partition coefficient (Wildman–Crippen LogP) is 4.15. The lowest BCUT2D eigenvalue weighted by atomic mass is 9.45. The molecule has 1 heterocycles. The first-order chi connectivity index (χ1) is 13.4. The zero-order valence-corrected chi connectivity index (χ0v) is 16.2. The van der Waals surface area contributed by atoms with Crippen molar-refractivity contribution in [1.82, 2.24) is 5.16 Å². The third kappa shape index (κ3) is 2.71. The van der Waals surface area contributed by atoms with Crippen molar-refractivity contribution >= 4 is 11.7 Å². The highest BCUT2D eigenvalue weighted by Crippen LogP contribution is 2.62. The van der Waals surface area contributed by atoms with Crippen LogP contribution >= 0.6 is 0 Å². The SMILES string of the molecule is Cc1ccccc1-c1cc(C(=O)CC2C3CC4CC2CC(C(N)=O)(C4)C3)no1. The van der Waals surface area contributed by atoms with E-state index in [2.05, 4.69) is 5.16 Å². The highest BCUT2D eigenvalue weighted by molar-refractivity contribution is 5.95. The normalized spacial score (nSPS) is 33.2. The number of hydrogen-bond acceptors (Lipinski definition) is 4. The Morgan fingerprint density at radius 1 is 1.18 bits per heavy atom. The zero-order valence-electron chi connectivity index (χ0n) is 16.2. The number of benzene rings is 1. The second-order valence-corrected chi connectivity index (χ2v) is 9.30. The molecule has 0 saturated heterocycles. The number of hydrogen-bond donors (Lipinski definition) is 1. The van der Waals surface area contributed by atoms with Crippen LogP contribution < -0.4 is 5.73 Å². The van der Waals surface area contributed by atoms with Gasteiger partial charge in [0.15, 0.2) is 11.5 Å². The van der Waals surface area contributed by atoms with Crippen LogP contribution in [0.4, 0.5) is 0 Å². The Kier molecular flexibility index (Phi) is 3.97. The van der Waals surface area contributed by atoms with E-state index < -0.39 is 0 Å². The summed E-state index contributed by atoms with van der Waals surface area (Å²) in [6.07, 6.45) is 5.45. The minimum absolute atomic E-state index is 0.0502. The Labute approximate surface area is 164 Å². The van der Waals surface area contributed by atoms with Gasteiger partial charge < -0.3 is 10.3 Å². The zero-order chi connectivity index (χ0) is 19.5. The van der Waals surface area contributed by atoms with Gasteiger partial charge in [0.1, 0.15) is 5.69 Å². The lowest BCUT2D eigenvalue weighted by Gasteiger charge is -2.58. The molecule has 6 rings (SSSR count). The van der Waals surface area contributed by atoms with Gasteiger partial charge in [0.05, 0.1) is 0 Å². The smallest absolute Gasteiger partial charge is 0.223 e. The van der Waals surface area contributed by atoms with Gasteiger partial charge in [-0.2, -0.15) is 0 Å². The van der Waals surface area contributed by atoms with Crippen LogP contribution in [0, 0.1) is 36.0 Å². The van der Waals surface area contributed by atoms with Gasteiger partial charge in [0.2, 0.25) is 5.91 Å². The molecule has 4 bridgehead atoms. The molecule has 146 valence electrons. The van der Waals surface area contributed by atoms with E-state index in [1.165, 1.54) is 0 Å². The molecule has 0 aliphatic heterocycles. The van der Waals surface area contributed by atoms with E-state index in [4.69, 9.17) is 10.3 Å². The van der Waals surface area contributed by atoms with Crippen molar-refractivity contribution in [3.63, 3.8) is 0 Å². The van der Waals surface area contributed by atoms with Gasteiger partial charge in [-0.15, -0.1) is 0 Å². The first-order valence-corrected chi connectivity index (χ1v) is 10.3. The molecule has 1 amide bonds. The monoisotopic (exact) mass is 378 g/mol. The van der Waals surface area contributed by atoms with Crippen molar-refractivity contribution < 1.29 is 14.1 Å². The lowest BCUT2D eigenvalue weighted by molar-refractivity contribution is -0.149. The Bertz CT molecular complexity index is 931. The number of amides is 1. The van der Waals surface area contributed by atoms with Crippen molar-refractivity contribution in [2.75, 3.05) is 0 Å². The number of rotatable bonds is 5. The Hall–Kier alpha value is -2.43. The molecule has 4 aliphatic rings. The van der Waals surface area contributed by atoms with Gasteiger partial charge in [0, 0.05) is 23.5 Å². The number of nitrogens with two attached hydrogens (primary N) is 1. The average Bonchev–Trinajstić information content (AvgIpc) is 3.14. The van der Waals surface area contributed by atoms with Crippen LogP contribution in [0.5, 0.6) is 0 Å². The quantitative estimate of drug-likeness (QED) is 0.792. The number of ketones is 1. The van der Waals surface area contributed by atoms with Crippen LogP contribution in [0.25, 0.3) is 11.3 Å². The second-order valence-electron chi connectivity index (χ2n) is 9.30. The van der Waals surface area contributed by atoms with Gasteiger partial charge in [0.25, 0.3) is 0 Å². The fourth-order valence-electron chi connectivity index (χ4n) is 6.47. The summed E-state index contributed by atoms with van der Waals surface area (Å²) < 4.78 is 5.48. The van der Waals surface area contributed by atoms with E-state index in [-0.39, 0.29) is 17.1 Å². The fraction of sp³-hybridized carbons (Fsp3) is 0.522. The van der Waals surface area contributed by atoms with Crippen LogP contribution in [0.3, 0.4) is 0 Å². The van der Waals surface area contributed by atoms with Crippen molar-refractivity contribution in [2.24, 2.45) is 34.8 Å². The molecule has 0 spiro atoms. The van der Waals surface area contributed by atoms with E-state index in [1.807, 2.05) is 31.2 Å². The molecule has 28 heavy (non-hydrogen) atoms. The fourth-order valence-corrected chi connectivity index (χ4v) is 6.47. The lowest BCUT2D eigenvalue weighted by Crippen LogP contribution is -2.56. The van der Waals surface area contributed by atoms with E-state index in [1.54, 1.807) is 6.07 Å². The molecule has 1 aromatic carbocycles. The summed E-state index contributed by atoms with van der Waals surface area (Å²) in [5.41, 5.74) is 7.94. The molecule has 1 aromatic heterocycles. The van der Waals surface area contributed by atoms with Gasteiger partial charge in [-0.1, -0.05) is 29.4 Å². The molecular formula is C23H26N2O3. The third-order valence-corrected chi connectivity index (χ3v) is 7.62. The van der Waals surface area contributed by atoms with Gasteiger partial charge in [-0.3, -0.25) is 9.59 Å². The summed E-state index contributed by atoms with van der Waals surface area (Å²) in [5, 5.41) is 4.06. The van der Waals surface area contributed by atoms with Crippen LogP contribution in [-0.2, 0) is 4.79 Å². The molecule has 4 fully saturated rings. The summed E-state index contributed by atoms with van der Waals surface area (Å²) >= 11 is 0. The maximum Gasteiger partial charge on any atom is 0.223 e. The van der Waals surface area contributed by atoms with E-state index >= 15 is 0 Å². The molecule has 2 unspecified atom stereocenters. The molecule has 4 aliphatic carbocycles. The standard InChI is InChI=1S/C23H26N2O3/c1-13-4-2-3-5-17(13)21-9-19(25-28-21)20(26)8-18-15-6-14-7-16(18)12-23(10-14,11-15)22(24)27/h2-5,9,14-16,18H,6-8,10-12H2,1H3,(H2,24,27). The molecule has 2 N–H and O–H groups in total. The molecular weight excluding hydrogens is 352 g/mol. The number of nitrogens with zero attached hydrogens (tertiary/aromatic N) is 1. The van der Waals surface area contributed by atoms with Gasteiger partial charge in [-0.25, -0.2) is 0 Å². The topological polar surface area (TPSA) is 86.2 Å². The van der Waals surface area contributed by atoms with Gasteiger partial charge >= 0.3 is 0 Å². The van der Waals surface area contributed by atoms with Crippen LogP contribution in [0.15, 0.2) is 34.9 Å². The van der Waals surface area contributed by atoms with Gasteiger partial charge in [-0.05, 0) is 68.3 Å². The highest BCUT2D eigenvalue weighted by atomic mass is 16.5. The molecule has 5 nitrogen and oxygen atoms in total. The minimum Gasteiger partial charge on any atom is -0.369 e. The van der Waals surface area contributed by atoms with Crippen LogP contribution in [0.1, 0.15) is 54.6 Å². The Balaban J connectivity index is 1.33. The van der Waals surface area contributed by atoms with Crippen molar-refractivity contribution in [2.45, 2.75) is 45.4 Å². The first-order valence-electron chi connectivity index (χ1n) is 10.3. The molecule has 0 radical (unpaired) electrons. The largest absolute Gasteiger partial charge is 0.369 e. The van der Waals surface area contributed by atoms with Crippen molar-refractivity contribution in [3.8, 4) is 11.3 Å².